The Hall–Kier alpha value is -3.13. The topological polar surface area (TPSA) is 111 Å². The lowest BCUT2D eigenvalue weighted by Crippen LogP contribution is -2.93. The van der Waals surface area contributed by atoms with Crippen LogP contribution in [0.4, 0.5) is 5.69 Å². The van der Waals surface area contributed by atoms with Crippen LogP contribution in [0.2, 0.25) is 0 Å². The molecule has 3 aromatic rings. The Morgan fingerprint density at radius 1 is 1.07 bits per heavy atom. The first-order chi connectivity index (χ1) is 14.6. The van der Waals surface area contributed by atoms with Crippen LogP contribution in [-0.2, 0) is 6.42 Å². The predicted molar refractivity (Wildman–Crippen MR) is 115 cm³/mol. The minimum absolute atomic E-state index is 0.00241. The van der Waals surface area contributed by atoms with Crippen molar-refractivity contribution in [3.63, 3.8) is 0 Å². The quantitative estimate of drug-likeness (QED) is 0.327. The van der Waals surface area contributed by atoms with E-state index >= 15 is 0 Å². The molecule has 0 saturated heterocycles. The Balaban J connectivity index is 1.42. The predicted octanol–water partition coefficient (Wildman–Crippen LogP) is 1.17. The fourth-order valence-electron chi connectivity index (χ4n) is 3.05. The molecule has 0 aliphatic carbocycles. The number of nitrogens with one attached hydrogen (secondary N) is 2. The summed E-state index contributed by atoms with van der Waals surface area (Å²) in [5.41, 5.74) is 2.25. The van der Waals surface area contributed by atoms with E-state index in [1.165, 1.54) is 0 Å². The molecule has 0 fully saturated rings. The van der Waals surface area contributed by atoms with Crippen LogP contribution in [0, 0.1) is 0 Å². The molecule has 0 saturated carbocycles. The van der Waals surface area contributed by atoms with E-state index in [-0.39, 0.29) is 25.2 Å². The number of nitrogens with two attached hydrogens (primary N) is 1. The molecule has 3 rings (SSSR count). The number of aliphatic hydroxyl groups is 2. The zero-order valence-corrected chi connectivity index (χ0v) is 16.7. The second-order valence-corrected chi connectivity index (χ2v) is 7.13. The van der Waals surface area contributed by atoms with E-state index in [0.29, 0.717) is 24.3 Å². The number of benzene rings is 2. The van der Waals surface area contributed by atoms with Crippen molar-refractivity contribution < 1.29 is 25.1 Å². The monoisotopic (exact) mass is 410 g/mol. The molecule has 0 radical (unpaired) electrons. The van der Waals surface area contributed by atoms with Crippen LogP contribution in [0.15, 0.2) is 72.9 Å². The van der Waals surface area contributed by atoms with Crippen LogP contribution < -0.4 is 15.4 Å². The normalized spacial score (nSPS) is 12.9. The van der Waals surface area contributed by atoms with Gasteiger partial charge in [0.15, 0.2) is 0 Å². The van der Waals surface area contributed by atoms with Gasteiger partial charge in [0.05, 0.1) is 6.61 Å². The number of amides is 1. The van der Waals surface area contributed by atoms with Gasteiger partial charge < -0.3 is 30.6 Å². The maximum atomic E-state index is 12.1. The van der Waals surface area contributed by atoms with E-state index in [1.807, 2.05) is 59.9 Å². The van der Waals surface area contributed by atoms with Gasteiger partial charge >= 0.3 is 0 Å². The van der Waals surface area contributed by atoms with Crippen LogP contribution >= 0.6 is 0 Å². The summed E-state index contributed by atoms with van der Waals surface area (Å²) in [5, 5.41) is 24.6. The molecule has 6 N–H and O–H groups in total. The van der Waals surface area contributed by atoms with Gasteiger partial charge in [-0.05, 0) is 42.0 Å². The summed E-state index contributed by atoms with van der Waals surface area (Å²) >= 11 is 0. The molecule has 7 heteroatoms. The number of hydrogen-bond acceptors (Lipinski definition) is 4. The standard InChI is InChI=1S/C23H27N3O4/c27-15-19(25-14-20(28)16-30-21-5-2-1-3-6-21)13-17-8-10-18(11-9-17)26-23(29)22-7-4-12-24-22/h1-12,19-20,24-25,27-28H,13-16H2,(H,26,29)/p+1. The fraction of sp³-hybridized carbons (Fsp3) is 0.261. The molecule has 2 unspecified atom stereocenters. The minimum Gasteiger partial charge on any atom is -0.491 e. The average Bonchev–Trinajstić information content (AvgIpc) is 3.32. The van der Waals surface area contributed by atoms with Crippen LogP contribution in [-0.4, -0.2) is 53.0 Å². The van der Waals surface area contributed by atoms with Crippen molar-refractivity contribution in [2.75, 3.05) is 25.1 Å². The number of carbonyl (C=O) groups excluding carboxylic acids is 1. The number of ether oxygens (including phenoxy) is 1. The smallest absolute Gasteiger partial charge is 0.272 e. The molecule has 158 valence electrons. The van der Waals surface area contributed by atoms with E-state index in [1.54, 1.807) is 18.3 Å². The number of anilines is 1. The van der Waals surface area contributed by atoms with Gasteiger partial charge in [-0.1, -0.05) is 30.3 Å². The van der Waals surface area contributed by atoms with Gasteiger partial charge in [0.1, 0.15) is 36.7 Å². The van der Waals surface area contributed by atoms with Gasteiger partial charge in [0, 0.05) is 18.3 Å². The van der Waals surface area contributed by atoms with E-state index in [2.05, 4.69) is 10.3 Å². The molecule has 30 heavy (non-hydrogen) atoms. The highest BCUT2D eigenvalue weighted by Gasteiger charge is 2.15. The van der Waals surface area contributed by atoms with Crippen molar-refractivity contribution in [3.8, 4) is 5.75 Å². The summed E-state index contributed by atoms with van der Waals surface area (Å²) in [6, 6.07) is 20.3. The summed E-state index contributed by atoms with van der Waals surface area (Å²) in [4.78, 5) is 14.9. The number of aromatic amines is 1. The number of para-hydroxylation sites is 1. The zero-order chi connectivity index (χ0) is 21.2. The highest BCUT2D eigenvalue weighted by Crippen LogP contribution is 2.12. The van der Waals surface area contributed by atoms with Crippen LogP contribution in [0.5, 0.6) is 5.75 Å². The van der Waals surface area contributed by atoms with Crippen molar-refractivity contribution in [2.24, 2.45) is 0 Å². The molecule has 1 amide bonds. The van der Waals surface area contributed by atoms with Crippen LogP contribution in [0.1, 0.15) is 16.1 Å². The number of carbonyl (C=O) groups is 1. The first-order valence-electron chi connectivity index (χ1n) is 9.98. The first kappa shape index (κ1) is 21.6. The molecule has 2 atom stereocenters. The highest BCUT2D eigenvalue weighted by atomic mass is 16.5. The lowest BCUT2D eigenvalue weighted by atomic mass is 10.1. The van der Waals surface area contributed by atoms with E-state index in [0.717, 1.165) is 11.3 Å². The molecule has 0 aliphatic rings. The van der Waals surface area contributed by atoms with Crippen molar-refractivity contribution in [1.82, 2.24) is 4.98 Å². The van der Waals surface area contributed by atoms with Crippen LogP contribution in [0.3, 0.4) is 0 Å². The van der Waals surface area contributed by atoms with Gasteiger partial charge in [0.25, 0.3) is 5.91 Å². The highest BCUT2D eigenvalue weighted by molar-refractivity contribution is 6.02. The Labute approximate surface area is 175 Å². The summed E-state index contributed by atoms with van der Waals surface area (Å²) in [5.74, 6) is 0.528. The van der Waals surface area contributed by atoms with E-state index in [4.69, 9.17) is 4.74 Å². The molecule has 0 aliphatic heterocycles. The summed E-state index contributed by atoms with van der Waals surface area (Å²) in [6.07, 6.45) is 1.71. The Morgan fingerprint density at radius 2 is 1.83 bits per heavy atom. The molecule has 7 nitrogen and oxygen atoms in total. The Kier molecular flexibility index (Phi) is 8.02. The SMILES string of the molecule is O=C(Nc1ccc(CC(CO)[NH2+]CC(O)COc2ccccc2)cc1)c1ccc[nH]1. The second kappa shape index (κ2) is 11.2. The third-order valence-electron chi connectivity index (χ3n) is 4.71. The van der Waals surface area contributed by atoms with Crippen molar-refractivity contribution in [3.05, 3.63) is 84.2 Å². The first-order valence-corrected chi connectivity index (χ1v) is 9.98. The fourth-order valence-corrected chi connectivity index (χ4v) is 3.05. The van der Waals surface area contributed by atoms with Crippen molar-refractivity contribution in [1.29, 1.82) is 0 Å². The molecule has 0 bridgehead atoms. The van der Waals surface area contributed by atoms with Gasteiger partial charge in [-0.3, -0.25) is 4.79 Å². The van der Waals surface area contributed by atoms with Crippen molar-refractivity contribution >= 4 is 11.6 Å². The van der Waals surface area contributed by atoms with Gasteiger partial charge in [0.2, 0.25) is 0 Å². The van der Waals surface area contributed by atoms with E-state index < -0.39 is 6.10 Å². The van der Waals surface area contributed by atoms with Gasteiger partial charge in [-0.2, -0.15) is 0 Å². The van der Waals surface area contributed by atoms with Crippen LogP contribution in [0.25, 0.3) is 0 Å². The van der Waals surface area contributed by atoms with Crippen molar-refractivity contribution in [2.45, 2.75) is 18.6 Å². The zero-order valence-electron chi connectivity index (χ0n) is 16.7. The number of rotatable bonds is 11. The number of hydrogen-bond donors (Lipinski definition) is 5. The minimum atomic E-state index is -0.634. The summed E-state index contributed by atoms with van der Waals surface area (Å²) < 4.78 is 5.55. The number of quaternary nitrogens is 1. The maximum Gasteiger partial charge on any atom is 0.272 e. The lowest BCUT2D eigenvalue weighted by Gasteiger charge is -2.17. The third-order valence-corrected chi connectivity index (χ3v) is 4.71. The van der Waals surface area contributed by atoms with E-state index in [9.17, 15) is 15.0 Å². The number of aromatic nitrogens is 1. The summed E-state index contributed by atoms with van der Waals surface area (Å²) in [7, 11) is 0. The number of H-pyrrole nitrogens is 1. The maximum absolute atomic E-state index is 12.1. The molecule has 1 aromatic heterocycles. The summed E-state index contributed by atoms with van der Waals surface area (Å²) in [6.45, 7) is 0.633. The largest absolute Gasteiger partial charge is 0.491 e. The molecule has 2 aromatic carbocycles. The molecule has 1 heterocycles. The number of aliphatic hydroxyl groups excluding tert-OH is 2. The van der Waals surface area contributed by atoms with Gasteiger partial charge in [-0.15, -0.1) is 0 Å². The molecular weight excluding hydrogens is 382 g/mol. The average molecular weight is 410 g/mol. The Morgan fingerprint density at radius 3 is 2.50 bits per heavy atom. The lowest BCUT2D eigenvalue weighted by molar-refractivity contribution is -0.696. The molecule has 0 spiro atoms. The Bertz CT molecular complexity index is 883. The third kappa shape index (κ3) is 6.73. The molecular formula is C23H28N3O4+. The second-order valence-electron chi connectivity index (χ2n) is 7.13. The van der Waals surface area contributed by atoms with Gasteiger partial charge in [-0.25, -0.2) is 0 Å².